The molecule has 2 fully saturated rings. The number of aliphatic hydroxyl groups is 1. The summed E-state index contributed by atoms with van der Waals surface area (Å²) in [6, 6.07) is 6.95. The molecule has 4 heteroatoms. The second-order valence-electron chi connectivity index (χ2n) is 5.15. The largest absolute Gasteiger partial charge is 0.393 e. The molecule has 0 heterocycles. The molecule has 90 valence electrons. The lowest BCUT2D eigenvalue weighted by Crippen LogP contribution is -2.15. The smallest absolute Gasteiger partial charge is 0.272 e. The Balaban J connectivity index is 1.98. The van der Waals surface area contributed by atoms with E-state index in [0.29, 0.717) is 5.92 Å². The van der Waals surface area contributed by atoms with E-state index in [4.69, 9.17) is 0 Å². The zero-order chi connectivity index (χ0) is 12.0. The number of hydrogen-bond donors (Lipinski definition) is 1. The summed E-state index contributed by atoms with van der Waals surface area (Å²) in [5, 5.41) is 21.0. The van der Waals surface area contributed by atoms with Crippen molar-refractivity contribution in [2.24, 2.45) is 11.8 Å². The molecule has 1 aromatic carbocycles. The maximum absolute atomic E-state index is 11.0. The van der Waals surface area contributed by atoms with Crippen LogP contribution < -0.4 is 0 Å². The third kappa shape index (κ3) is 1.55. The molecule has 0 aliphatic heterocycles. The Morgan fingerprint density at radius 2 is 2.06 bits per heavy atom. The van der Waals surface area contributed by atoms with Crippen LogP contribution in [0.1, 0.15) is 30.7 Å². The van der Waals surface area contributed by atoms with Crippen LogP contribution >= 0.6 is 0 Å². The van der Waals surface area contributed by atoms with E-state index in [9.17, 15) is 15.2 Å². The number of rotatable bonds is 2. The first kappa shape index (κ1) is 10.7. The third-order valence-corrected chi connectivity index (χ3v) is 4.40. The van der Waals surface area contributed by atoms with Crippen LogP contribution in [0, 0.1) is 22.0 Å². The first-order valence-electron chi connectivity index (χ1n) is 6.10. The monoisotopic (exact) mass is 233 g/mol. The van der Waals surface area contributed by atoms with Crippen LogP contribution in [0.15, 0.2) is 24.3 Å². The van der Waals surface area contributed by atoms with E-state index in [0.717, 1.165) is 24.8 Å². The molecule has 4 atom stereocenters. The SMILES string of the molecule is O=[N+]([O-])c1ccccc1[C@H]1C[C@H]2CC[C@@H]1[C@@H]2O. The Bertz CT molecular complexity index is 460. The lowest BCUT2D eigenvalue weighted by Gasteiger charge is -2.21. The topological polar surface area (TPSA) is 63.4 Å². The quantitative estimate of drug-likeness (QED) is 0.630. The highest BCUT2D eigenvalue weighted by molar-refractivity contribution is 5.43. The van der Waals surface area contributed by atoms with E-state index in [1.807, 2.05) is 12.1 Å². The van der Waals surface area contributed by atoms with Gasteiger partial charge in [0.1, 0.15) is 0 Å². The molecule has 2 saturated carbocycles. The van der Waals surface area contributed by atoms with E-state index in [1.165, 1.54) is 0 Å². The highest BCUT2D eigenvalue weighted by Gasteiger charge is 2.48. The molecule has 2 aliphatic rings. The minimum atomic E-state index is -0.312. The maximum Gasteiger partial charge on any atom is 0.272 e. The second-order valence-corrected chi connectivity index (χ2v) is 5.15. The van der Waals surface area contributed by atoms with Crippen LogP contribution in [0.5, 0.6) is 0 Å². The number of fused-ring (bicyclic) bond motifs is 2. The summed E-state index contributed by atoms with van der Waals surface area (Å²) in [4.78, 5) is 10.7. The van der Waals surface area contributed by atoms with Gasteiger partial charge in [-0.05, 0) is 37.0 Å². The predicted molar refractivity (Wildman–Crippen MR) is 62.7 cm³/mol. The number of aliphatic hydroxyl groups excluding tert-OH is 1. The van der Waals surface area contributed by atoms with Crippen LogP contribution in [0.2, 0.25) is 0 Å². The van der Waals surface area contributed by atoms with E-state index >= 15 is 0 Å². The van der Waals surface area contributed by atoms with Crippen molar-refractivity contribution in [2.75, 3.05) is 0 Å². The zero-order valence-electron chi connectivity index (χ0n) is 9.45. The third-order valence-electron chi connectivity index (χ3n) is 4.40. The molecule has 0 saturated heterocycles. The van der Waals surface area contributed by atoms with Crippen LogP contribution in [0.3, 0.4) is 0 Å². The Kier molecular flexibility index (Phi) is 2.40. The molecule has 0 amide bonds. The first-order chi connectivity index (χ1) is 8.18. The first-order valence-corrected chi connectivity index (χ1v) is 6.10. The Morgan fingerprint density at radius 3 is 2.65 bits per heavy atom. The summed E-state index contributed by atoms with van der Waals surface area (Å²) < 4.78 is 0. The summed E-state index contributed by atoms with van der Waals surface area (Å²) in [6.45, 7) is 0. The van der Waals surface area contributed by atoms with Gasteiger partial charge in [0, 0.05) is 11.6 Å². The van der Waals surface area contributed by atoms with E-state index < -0.39 is 0 Å². The van der Waals surface area contributed by atoms with Gasteiger partial charge in [-0.3, -0.25) is 10.1 Å². The molecule has 3 rings (SSSR count). The number of nitro groups is 1. The molecule has 1 N–H and O–H groups in total. The summed E-state index contributed by atoms with van der Waals surface area (Å²) in [7, 11) is 0. The Morgan fingerprint density at radius 1 is 1.29 bits per heavy atom. The maximum atomic E-state index is 11.0. The zero-order valence-corrected chi connectivity index (χ0v) is 9.45. The van der Waals surface area contributed by atoms with Crippen molar-refractivity contribution in [3.63, 3.8) is 0 Å². The van der Waals surface area contributed by atoms with Crippen LogP contribution in [-0.2, 0) is 0 Å². The van der Waals surface area contributed by atoms with Gasteiger partial charge in [-0.15, -0.1) is 0 Å². The minimum absolute atomic E-state index is 0.172. The van der Waals surface area contributed by atoms with Gasteiger partial charge in [-0.2, -0.15) is 0 Å². The average Bonchev–Trinajstić information content (AvgIpc) is 2.85. The number of nitro benzene ring substituents is 1. The van der Waals surface area contributed by atoms with Crippen molar-refractivity contribution >= 4 is 5.69 Å². The fourth-order valence-electron chi connectivity index (χ4n) is 3.62. The van der Waals surface area contributed by atoms with Crippen molar-refractivity contribution in [3.8, 4) is 0 Å². The van der Waals surface area contributed by atoms with Crippen molar-refractivity contribution in [3.05, 3.63) is 39.9 Å². The van der Waals surface area contributed by atoms with Crippen LogP contribution in [0.25, 0.3) is 0 Å². The second kappa shape index (κ2) is 3.81. The number of para-hydroxylation sites is 1. The fourth-order valence-corrected chi connectivity index (χ4v) is 3.62. The molecule has 0 aromatic heterocycles. The van der Waals surface area contributed by atoms with Crippen molar-refractivity contribution in [2.45, 2.75) is 31.3 Å². The van der Waals surface area contributed by atoms with Crippen molar-refractivity contribution < 1.29 is 10.0 Å². The van der Waals surface area contributed by atoms with Gasteiger partial charge in [0.15, 0.2) is 0 Å². The summed E-state index contributed by atoms with van der Waals surface area (Å²) in [5.41, 5.74) is 1.01. The molecule has 4 nitrogen and oxygen atoms in total. The molecule has 2 aliphatic carbocycles. The molecule has 0 unspecified atom stereocenters. The van der Waals surface area contributed by atoms with Gasteiger partial charge < -0.3 is 5.11 Å². The molecular weight excluding hydrogens is 218 g/mol. The van der Waals surface area contributed by atoms with Gasteiger partial charge in [-0.25, -0.2) is 0 Å². The minimum Gasteiger partial charge on any atom is -0.393 e. The van der Waals surface area contributed by atoms with E-state index in [-0.39, 0.29) is 28.6 Å². The summed E-state index contributed by atoms with van der Waals surface area (Å²) >= 11 is 0. The van der Waals surface area contributed by atoms with Gasteiger partial charge in [0.2, 0.25) is 0 Å². The predicted octanol–water partition coefficient (Wildman–Crippen LogP) is 2.47. The Labute approximate surface area is 99.4 Å². The van der Waals surface area contributed by atoms with Gasteiger partial charge >= 0.3 is 0 Å². The average molecular weight is 233 g/mol. The molecule has 0 spiro atoms. The van der Waals surface area contributed by atoms with Gasteiger partial charge in [-0.1, -0.05) is 18.2 Å². The molecule has 0 radical (unpaired) electrons. The van der Waals surface area contributed by atoms with Gasteiger partial charge in [0.05, 0.1) is 11.0 Å². The van der Waals surface area contributed by atoms with Crippen molar-refractivity contribution in [1.82, 2.24) is 0 Å². The van der Waals surface area contributed by atoms with Crippen molar-refractivity contribution in [1.29, 1.82) is 0 Å². The van der Waals surface area contributed by atoms with Crippen LogP contribution in [-0.4, -0.2) is 16.1 Å². The molecule has 17 heavy (non-hydrogen) atoms. The fraction of sp³-hybridized carbons (Fsp3) is 0.538. The summed E-state index contributed by atoms with van der Waals surface area (Å²) in [5.74, 6) is 0.747. The molecular formula is C13H15NO3. The number of benzene rings is 1. The van der Waals surface area contributed by atoms with Gasteiger partial charge in [0.25, 0.3) is 5.69 Å². The number of hydrogen-bond acceptors (Lipinski definition) is 3. The summed E-state index contributed by atoms with van der Waals surface area (Å²) in [6.07, 6.45) is 2.72. The number of nitrogens with zero attached hydrogens (tertiary/aromatic N) is 1. The normalized spacial score (nSPS) is 35.1. The van der Waals surface area contributed by atoms with E-state index in [1.54, 1.807) is 12.1 Å². The van der Waals surface area contributed by atoms with Crippen LogP contribution in [0.4, 0.5) is 5.69 Å². The molecule has 2 bridgehead atoms. The highest BCUT2D eigenvalue weighted by Crippen LogP contribution is 2.54. The lowest BCUT2D eigenvalue weighted by molar-refractivity contribution is -0.385. The van der Waals surface area contributed by atoms with E-state index in [2.05, 4.69) is 0 Å². The molecule has 1 aromatic rings. The lowest BCUT2D eigenvalue weighted by atomic mass is 9.82. The standard InChI is InChI=1S/C13H15NO3/c15-13-8-5-6-10(13)11(7-8)9-3-1-2-4-12(9)14(16)17/h1-4,8,10-11,13,15H,5-7H2/t8-,10+,11-,13-/m1/s1. The Hall–Kier alpha value is -1.42. The highest BCUT2D eigenvalue weighted by atomic mass is 16.6.